The van der Waals surface area contributed by atoms with Gasteiger partial charge in [-0.1, -0.05) is 25.7 Å². The van der Waals surface area contributed by atoms with E-state index in [1.807, 2.05) is 23.1 Å². The number of nitrogens with one attached hydrogen (secondary N) is 1. The number of aromatic nitrogens is 3. The highest BCUT2D eigenvalue weighted by Gasteiger charge is 2.24. The van der Waals surface area contributed by atoms with Crippen molar-refractivity contribution in [3.8, 4) is 0 Å². The molecule has 2 aliphatic rings. The minimum Gasteiger partial charge on any atom is -0.382 e. The third kappa shape index (κ3) is 4.58. The maximum absolute atomic E-state index is 12.9. The van der Waals surface area contributed by atoms with Gasteiger partial charge >= 0.3 is 0 Å². The molecule has 0 aromatic carbocycles. The Morgan fingerprint density at radius 3 is 2.36 bits per heavy atom. The molecule has 1 N–H and O–H groups in total. The van der Waals surface area contributed by atoms with Gasteiger partial charge in [0.15, 0.2) is 0 Å². The van der Waals surface area contributed by atoms with E-state index in [1.165, 1.54) is 38.5 Å². The predicted octanol–water partition coefficient (Wildman–Crippen LogP) is 2.97. The molecule has 1 aliphatic heterocycles. The van der Waals surface area contributed by atoms with Crippen molar-refractivity contribution in [2.45, 2.75) is 44.6 Å². The van der Waals surface area contributed by atoms with Crippen molar-refractivity contribution in [2.75, 3.05) is 36.4 Å². The van der Waals surface area contributed by atoms with E-state index in [0.717, 1.165) is 24.7 Å². The first-order valence-corrected chi connectivity index (χ1v) is 10.3. The van der Waals surface area contributed by atoms with Gasteiger partial charge in [0.2, 0.25) is 5.95 Å². The average Bonchev–Trinajstić information content (AvgIpc) is 3.03. The summed E-state index contributed by atoms with van der Waals surface area (Å²) in [5.41, 5.74) is 1.52. The first kappa shape index (κ1) is 18.7. The molecule has 2 aromatic rings. The second-order valence-corrected chi connectivity index (χ2v) is 7.59. The van der Waals surface area contributed by atoms with Gasteiger partial charge in [0.05, 0.1) is 0 Å². The maximum Gasteiger partial charge on any atom is 0.272 e. The van der Waals surface area contributed by atoms with Crippen molar-refractivity contribution in [3.63, 3.8) is 0 Å². The van der Waals surface area contributed by atoms with E-state index < -0.39 is 0 Å². The molecule has 4 rings (SSSR count). The van der Waals surface area contributed by atoms with Crippen LogP contribution in [0.4, 0.5) is 11.6 Å². The summed E-state index contributed by atoms with van der Waals surface area (Å²) in [5.74, 6) is 0.723. The van der Waals surface area contributed by atoms with Crippen LogP contribution in [0, 0.1) is 0 Å². The van der Waals surface area contributed by atoms with Gasteiger partial charge in [0.1, 0.15) is 5.69 Å². The van der Waals surface area contributed by atoms with Crippen molar-refractivity contribution in [3.05, 3.63) is 42.5 Å². The topological polar surface area (TPSA) is 74.2 Å². The van der Waals surface area contributed by atoms with Crippen LogP contribution in [0.25, 0.3) is 0 Å². The van der Waals surface area contributed by atoms with Crippen molar-refractivity contribution >= 4 is 17.5 Å². The Hall–Kier alpha value is -2.70. The summed E-state index contributed by atoms with van der Waals surface area (Å²) >= 11 is 0. The van der Waals surface area contributed by atoms with Gasteiger partial charge in [-0.2, -0.15) is 0 Å². The van der Waals surface area contributed by atoms with Crippen molar-refractivity contribution in [1.82, 2.24) is 19.9 Å². The van der Waals surface area contributed by atoms with Crippen LogP contribution < -0.4 is 10.2 Å². The minimum atomic E-state index is -0.00172. The Balaban J connectivity index is 1.36. The number of nitrogens with zero attached hydrogens (tertiary/aromatic N) is 5. The van der Waals surface area contributed by atoms with Crippen LogP contribution in [0.15, 0.2) is 36.8 Å². The number of hydrogen-bond acceptors (Lipinski definition) is 6. The van der Waals surface area contributed by atoms with Crippen LogP contribution in [0.5, 0.6) is 0 Å². The molecule has 7 nitrogen and oxygen atoms in total. The van der Waals surface area contributed by atoms with E-state index in [1.54, 1.807) is 18.6 Å². The number of pyridine rings is 1. The fraction of sp³-hybridized carbons (Fsp3) is 0.524. The summed E-state index contributed by atoms with van der Waals surface area (Å²) in [6.07, 6.45) is 12.9. The molecule has 1 saturated heterocycles. The molecule has 0 spiro atoms. The standard InChI is InChI=1S/C21H28N6O/c28-20(26-12-14-27(15-13-26)21-23-9-5-10-24-21)19-16-18(8-11-22-19)25-17-6-3-1-2-4-7-17/h5,8-11,16-17H,1-4,6-7,12-15H2,(H,22,25). The molecule has 7 heteroatoms. The number of carbonyl (C=O) groups is 1. The molecule has 1 aliphatic carbocycles. The molecule has 0 radical (unpaired) electrons. The highest BCUT2D eigenvalue weighted by molar-refractivity contribution is 5.93. The van der Waals surface area contributed by atoms with Gasteiger partial charge in [0, 0.05) is 56.5 Å². The van der Waals surface area contributed by atoms with Crippen LogP contribution in [0.3, 0.4) is 0 Å². The summed E-state index contributed by atoms with van der Waals surface area (Å²) < 4.78 is 0. The summed E-state index contributed by atoms with van der Waals surface area (Å²) in [6, 6.07) is 6.18. The Kier molecular flexibility index (Phi) is 5.99. The fourth-order valence-electron chi connectivity index (χ4n) is 4.02. The molecule has 0 bridgehead atoms. The monoisotopic (exact) mass is 380 g/mol. The van der Waals surface area contributed by atoms with Crippen LogP contribution in [-0.2, 0) is 0 Å². The lowest BCUT2D eigenvalue weighted by Crippen LogP contribution is -2.49. The first-order chi connectivity index (χ1) is 13.8. The molecular formula is C21H28N6O. The van der Waals surface area contributed by atoms with E-state index in [2.05, 4.69) is 25.2 Å². The lowest BCUT2D eigenvalue weighted by Gasteiger charge is -2.34. The van der Waals surface area contributed by atoms with E-state index in [9.17, 15) is 4.79 Å². The third-order valence-electron chi connectivity index (χ3n) is 5.61. The number of anilines is 2. The summed E-state index contributed by atoms with van der Waals surface area (Å²) in [4.78, 5) is 29.8. The Morgan fingerprint density at radius 2 is 1.64 bits per heavy atom. The minimum absolute atomic E-state index is 0.00172. The quantitative estimate of drug-likeness (QED) is 0.822. The summed E-state index contributed by atoms with van der Waals surface area (Å²) in [7, 11) is 0. The summed E-state index contributed by atoms with van der Waals surface area (Å²) in [5, 5.41) is 3.61. The zero-order chi connectivity index (χ0) is 19.2. The Bertz CT molecular complexity index is 767. The molecular weight excluding hydrogens is 352 g/mol. The van der Waals surface area contributed by atoms with Gasteiger partial charge < -0.3 is 15.1 Å². The number of amides is 1. The van der Waals surface area contributed by atoms with Gasteiger partial charge in [-0.05, 0) is 31.0 Å². The van der Waals surface area contributed by atoms with Crippen molar-refractivity contribution < 1.29 is 4.79 Å². The molecule has 2 fully saturated rings. The average molecular weight is 380 g/mol. The van der Waals surface area contributed by atoms with Gasteiger partial charge in [-0.25, -0.2) is 9.97 Å². The third-order valence-corrected chi connectivity index (χ3v) is 5.61. The fourth-order valence-corrected chi connectivity index (χ4v) is 4.02. The van der Waals surface area contributed by atoms with Gasteiger partial charge in [-0.3, -0.25) is 9.78 Å². The van der Waals surface area contributed by atoms with Crippen molar-refractivity contribution in [1.29, 1.82) is 0 Å². The highest BCUT2D eigenvalue weighted by atomic mass is 16.2. The molecule has 3 heterocycles. The highest BCUT2D eigenvalue weighted by Crippen LogP contribution is 2.21. The molecule has 28 heavy (non-hydrogen) atoms. The zero-order valence-electron chi connectivity index (χ0n) is 16.3. The second kappa shape index (κ2) is 8.99. The molecule has 0 unspecified atom stereocenters. The molecule has 1 saturated carbocycles. The van der Waals surface area contributed by atoms with Gasteiger partial charge in [0.25, 0.3) is 5.91 Å². The second-order valence-electron chi connectivity index (χ2n) is 7.59. The first-order valence-electron chi connectivity index (χ1n) is 10.3. The number of carbonyl (C=O) groups excluding carboxylic acids is 1. The summed E-state index contributed by atoms with van der Waals surface area (Å²) in [6.45, 7) is 2.77. The Morgan fingerprint density at radius 1 is 0.929 bits per heavy atom. The number of piperazine rings is 1. The zero-order valence-corrected chi connectivity index (χ0v) is 16.3. The normalized spacial score (nSPS) is 18.6. The van der Waals surface area contributed by atoms with Crippen LogP contribution >= 0.6 is 0 Å². The molecule has 2 aromatic heterocycles. The molecule has 0 atom stereocenters. The van der Waals surface area contributed by atoms with E-state index in [-0.39, 0.29) is 5.91 Å². The number of hydrogen-bond donors (Lipinski definition) is 1. The van der Waals surface area contributed by atoms with Crippen LogP contribution in [0.1, 0.15) is 49.0 Å². The largest absolute Gasteiger partial charge is 0.382 e. The van der Waals surface area contributed by atoms with Crippen molar-refractivity contribution in [2.24, 2.45) is 0 Å². The molecule has 1 amide bonds. The Labute approximate surface area is 166 Å². The number of rotatable bonds is 4. The van der Waals surface area contributed by atoms with E-state index >= 15 is 0 Å². The van der Waals surface area contributed by atoms with Crippen LogP contribution in [-0.4, -0.2) is 58.0 Å². The smallest absolute Gasteiger partial charge is 0.272 e. The van der Waals surface area contributed by atoms with Crippen LogP contribution in [0.2, 0.25) is 0 Å². The predicted molar refractivity (Wildman–Crippen MR) is 109 cm³/mol. The maximum atomic E-state index is 12.9. The lowest BCUT2D eigenvalue weighted by atomic mass is 10.1. The van der Waals surface area contributed by atoms with E-state index in [0.29, 0.717) is 24.8 Å². The lowest BCUT2D eigenvalue weighted by molar-refractivity contribution is 0.0740. The van der Waals surface area contributed by atoms with E-state index in [4.69, 9.17) is 0 Å². The van der Waals surface area contributed by atoms with Gasteiger partial charge in [-0.15, -0.1) is 0 Å². The SMILES string of the molecule is O=C(c1cc(NC2CCCCCC2)ccn1)N1CCN(c2ncccn2)CC1. The molecule has 148 valence electrons.